The minimum atomic E-state index is 0. The molecule has 0 amide bonds. The molecule has 2 aromatic heterocycles. The number of halogens is 2. The zero-order valence-electron chi connectivity index (χ0n) is 23.0. The topological polar surface area (TPSA) is 26.3 Å². The van der Waals surface area contributed by atoms with E-state index in [1.165, 1.54) is 43.8 Å². The molecular formula is C34H34Cl2O2Zr. The van der Waals surface area contributed by atoms with Crippen LogP contribution in [0.1, 0.15) is 50.3 Å². The molecule has 0 saturated heterocycles. The van der Waals surface area contributed by atoms with Crippen LogP contribution in [0.4, 0.5) is 0 Å². The maximum absolute atomic E-state index is 5.82. The van der Waals surface area contributed by atoms with Gasteiger partial charge < -0.3 is 33.6 Å². The summed E-state index contributed by atoms with van der Waals surface area (Å²) in [7, 11) is 0. The summed E-state index contributed by atoms with van der Waals surface area (Å²) in [5, 5.41) is 5.31. The largest absolute Gasteiger partial charge is 4.00 e. The molecule has 6 rings (SSSR count). The van der Waals surface area contributed by atoms with E-state index in [0.29, 0.717) is 0 Å². The van der Waals surface area contributed by atoms with E-state index in [-0.39, 0.29) is 51.0 Å². The molecule has 0 fully saturated rings. The first-order chi connectivity index (χ1) is 17.6. The van der Waals surface area contributed by atoms with E-state index in [1.807, 2.05) is 0 Å². The molecule has 6 aromatic rings. The Bertz CT molecular complexity index is 1480. The molecule has 2 heterocycles. The Labute approximate surface area is 263 Å². The Balaban J connectivity index is 0.000000254. The number of rotatable bonds is 6. The maximum atomic E-state index is 5.82. The van der Waals surface area contributed by atoms with E-state index in [0.717, 1.165) is 48.7 Å². The van der Waals surface area contributed by atoms with Gasteiger partial charge in [0.15, 0.2) is 0 Å². The van der Waals surface area contributed by atoms with Crippen molar-refractivity contribution in [1.82, 2.24) is 0 Å². The molecule has 0 bridgehead atoms. The first kappa shape index (κ1) is 32.9. The van der Waals surface area contributed by atoms with Gasteiger partial charge in [-0.3, -0.25) is 0 Å². The molecule has 5 heteroatoms. The molecule has 0 atom stereocenters. The van der Waals surface area contributed by atoms with Crippen LogP contribution in [-0.4, -0.2) is 0 Å². The second-order valence-electron chi connectivity index (χ2n) is 9.27. The number of aryl methyl sites for hydroxylation is 4. The molecule has 0 aliphatic heterocycles. The smallest absolute Gasteiger partial charge is 1.00 e. The Hall–Kier alpha value is -2.32. The summed E-state index contributed by atoms with van der Waals surface area (Å²) in [5.41, 5.74) is 5.18. The summed E-state index contributed by atoms with van der Waals surface area (Å²) in [5.74, 6) is 4.05. The van der Waals surface area contributed by atoms with Gasteiger partial charge in [-0.25, -0.2) is 0 Å². The van der Waals surface area contributed by atoms with Crippen molar-refractivity contribution in [3.8, 4) is 22.6 Å². The molecule has 0 radical (unpaired) electrons. The zero-order valence-corrected chi connectivity index (χ0v) is 27.0. The van der Waals surface area contributed by atoms with E-state index < -0.39 is 0 Å². The fraction of sp³-hybridized carbons (Fsp3) is 0.235. The normalized spacial score (nSPS) is 10.4. The fourth-order valence-electron chi connectivity index (χ4n) is 4.95. The van der Waals surface area contributed by atoms with Gasteiger partial charge in [-0.05, 0) is 37.1 Å². The van der Waals surface area contributed by atoms with Gasteiger partial charge in [-0.2, -0.15) is 0 Å². The Kier molecular flexibility index (Phi) is 12.6. The molecule has 200 valence electrons. The fourth-order valence-corrected chi connectivity index (χ4v) is 4.95. The number of fused-ring (bicyclic) bond motifs is 2. The summed E-state index contributed by atoms with van der Waals surface area (Å²) >= 11 is 0. The zero-order chi connectivity index (χ0) is 25.1. The van der Waals surface area contributed by atoms with Crippen molar-refractivity contribution in [2.45, 2.75) is 53.4 Å². The average molecular weight is 637 g/mol. The van der Waals surface area contributed by atoms with Crippen LogP contribution in [0.15, 0.2) is 93.8 Å². The predicted molar refractivity (Wildman–Crippen MR) is 152 cm³/mol. The quantitative estimate of drug-likeness (QED) is 0.260. The van der Waals surface area contributed by atoms with E-state index in [2.05, 4.69) is 113 Å². The summed E-state index contributed by atoms with van der Waals surface area (Å²) in [4.78, 5) is 0. The van der Waals surface area contributed by atoms with Crippen LogP contribution < -0.4 is 24.8 Å². The molecule has 0 saturated carbocycles. The van der Waals surface area contributed by atoms with Gasteiger partial charge in [-0.15, -0.1) is 57.9 Å². The molecule has 0 spiro atoms. The van der Waals surface area contributed by atoms with Crippen LogP contribution in [-0.2, 0) is 51.9 Å². The molecule has 0 aliphatic carbocycles. The van der Waals surface area contributed by atoms with Crippen molar-refractivity contribution in [3.05, 3.63) is 108 Å². The Morgan fingerprint density at radius 3 is 1.28 bits per heavy atom. The van der Waals surface area contributed by atoms with E-state index in [4.69, 9.17) is 8.83 Å². The van der Waals surface area contributed by atoms with Gasteiger partial charge in [0.1, 0.15) is 0 Å². The van der Waals surface area contributed by atoms with Crippen LogP contribution in [0.5, 0.6) is 0 Å². The van der Waals surface area contributed by atoms with Gasteiger partial charge >= 0.3 is 26.2 Å². The maximum Gasteiger partial charge on any atom is 4.00 e. The second-order valence-corrected chi connectivity index (χ2v) is 9.27. The van der Waals surface area contributed by atoms with Gasteiger partial charge in [0, 0.05) is 12.8 Å². The molecule has 0 unspecified atom stereocenters. The van der Waals surface area contributed by atoms with Crippen LogP contribution >= 0.6 is 0 Å². The molecular weight excluding hydrogens is 603 g/mol. The van der Waals surface area contributed by atoms with Crippen LogP contribution in [0, 0.1) is 0 Å². The molecule has 0 aliphatic rings. The summed E-state index contributed by atoms with van der Waals surface area (Å²) < 4.78 is 11.6. The SMILES string of the molecule is CCc1ccc(-c2cc3c(CC)cccc3[cH-]2)o1.CCc1ccc(-c2cc3c(CC)cccc3[cH-]2)o1.[Cl-].[Cl-].[Zr+4]. The van der Waals surface area contributed by atoms with Crippen molar-refractivity contribution in [3.63, 3.8) is 0 Å². The van der Waals surface area contributed by atoms with E-state index >= 15 is 0 Å². The van der Waals surface area contributed by atoms with Crippen molar-refractivity contribution in [2.24, 2.45) is 0 Å². The van der Waals surface area contributed by atoms with Crippen molar-refractivity contribution < 1.29 is 59.9 Å². The van der Waals surface area contributed by atoms with Crippen molar-refractivity contribution >= 4 is 21.5 Å². The molecule has 39 heavy (non-hydrogen) atoms. The van der Waals surface area contributed by atoms with Gasteiger partial charge in [0.25, 0.3) is 0 Å². The number of hydrogen-bond acceptors (Lipinski definition) is 2. The van der Waals surface area contributed by atoms with Crippen LogP contribution in [0.2, 0.25) is 0 Å². The van der Waals surface area contributed by atoms with E-state index in [9.17, 15) is 0 Å². The van der Waals surface area contributed by atoms with E-state index in [1.54, 1.807) is 0 Å². The molecule has 4 aromatic carbocycles. The number of hydrogen-bond donors (Lipinski definition) is 0. The summed E-state index contributed by atoms with van der Waals surface area (Å²) in [6.45, 7) is 8.62. The standard InChI is InChI=1S/2C17H17O.2ClH.Zr/c2*1-3-12-6-5-7-13-10-14(11-16(12)13)17-9-8-15(4-2)18-17;;;/h2*5-11H,3-4H2,1-2H3;2*1H;/q2*-1;;;+4/p-2. The van der Waals surface area contributed by atoms with Crippen molar-refractivity contribution in [2.75, 3.05) is 0 Å². The van der Waals surface area contributed by atoms with Gasteiger partial charge in [-0.1, -0.05) is 74.2 Å². The van der Waals surface area contributed by atoms with Gasteiger partial charge in [0.05, 0.1) is 23.0 Å². The first-order valence-electron chi connectivity index (χ1n) is 13.2. The number of benzene rings is 2. The molecule has 0 N–H and O–H groups in total. The minimum Gasteiger partial charge on any atom is -1.00 e. The van der Waals surface area contributed by atoms with Crippen LogP contribution in [0.3, 0.4) is 0 Å². The monoisotopic (exact) mass is 634 g/mol. The Morgan fingerprint density at radius 1 is 0.538 bits per heavy atom. The third-order valence-electron chi connectivity index (χ3n) is 7.03. The minimum absolute atomic E-state index is 0. The molecule has 2 nitrogen and oxygen atoms in total. The number of furan rings is 2. The van der Waals surface area contributed by atoms with Crippen LogP contribution in [0.25, 0.3) is 44.2 Å². The van der Waals surface area contributed by atoms with Crippen molar-refractivity contribution in [1.29, 1.82) is 0 Å². The third-order valence-corrected chi connectivity index (χ3v) is 7.03. The Morgan fingerprint density at radius 2 is 0.949 bits per heavy atom. The third kappa shape index (κ3) is 7.07. The predicted octanol–water partition coefficient (Wildman–Crippen LogP) is 3.89. The van der Waals surface area contributed by atoms with Gasteiger partial charge in [0.2, 0.25) is 0 Å². The summed E-state index contributed by atoms with van der Waals surface area (Å²) in [6, 6.07) is 30.2. The average Bonchev–Trinajstić information content (AvgIpc) is 3.72. The summed E-state index contributed by atoms with van der Waals surface area (Å²) in [6.07, 6.45) is 4.03. The second kappa shape index (κ2) is 14.9. The first-order valence-corrected chi connectivity index (χ1v) is 13.2.